The van der Waals surface area contributed by atoms with Gasteiger partial charge in [-0.3, -0.25) is 9.59 Å². The van der Waals surface area contributed by atoms with Crippen LogP contribution in [0.15, 0.2) is 30.3 Å². The van der Waals surface area contributed by atoms with Gasteiger partial charge in [0.2, 0.25) is 11.8 Å². The van der Waals surface area contributed by atoms with E-state index in [0.29, 0.717) is 12.8 Å². The van der Waals surface area contributed by atoms with Crippen LogP contribution in [-0.4, -0.2) is 24.4 Å². The lowest BCUT2D eigenvalue weighted by Crippen LogP contribution is -2.39. The van der Waals surface area contributed by atoms with Gasteiger partial charge in [-0.1, -0.05) is 30.3 Å². The SMILES string of the molecule is CC(C)NC(=O)CNC(=O)CCC(N)c1ccccc1. The molecule has 1 unspecified atom stereocenters. The summed E-state index contributed by atoms with van der Waals surface area (Å²) in [6, 6.07) is 9.57. The zero-order valence-electron chi connectivity index (χ0n) is 12.1. The van der Waals surface area contributed by atoms with E-state index >= 15 is 0 Å². The molecule has 0 aromatic heterocycles. The average molecular weight is 277 g/mol. The first-order valence-electron chi connectivity index (χ1n) is 6.85. The smallest absolute Gasteiger partial charge is 0.239 e. The molecular formula is C15H23N3O2. The maximum Gasteiger partial charge on any atom is 0.239 e. The molecule has 0 saturated heterocycles. The fraction of sp³-hybridized carbons (Fsp3) is 0.467. The Morgan fingerprint density at radius 3 is 2.40 bits per heavy atom. The van der Waals surface area contributed by atoms with Crippen LogP contribution >= 0.6 is 0 Å². The Balaban J connectivity index is 2.25. The maximum atomic E-state index is 11.6. The number of nitrogens with two attached hydrogens (primary N) is 1. The van der Waals surface area contributed by atoms with Gasteiger partial charge in [-0.25, -0.2) is 0 Å². The first kappa shape index (κ1) is 16.2. The minimum absolute atomic E-state index is 0.0115. The third-order valence-electron chi connectivity index (χ3n) is 2.81. The largest absolute Gasteiger partial charge is 0.352 e. The molecule has 1 aromatic carbocycles. The van der Waals surface area contributed by atoms with Gasteiger partial charge in [0.25, 0.3) is 0 Å². The van der Waals surface area contributed by atoms with Crippen LogP contribution in [0, 0.1) is 0 Å². The summed E-state index contributed by atoms with van der Waals surface area (Å²) in [4.78, 5) is 23.0. The van der Waals surface area contributed by atoms with Crippen LogP contribution in [0.25, 0.3) is 0 Å². The van der Waals surface area contributed by atoms with Crippen LogP contribution in [0.3, 0.4) is 0 Å². The van der Waals surface area contributed by atoms with Crippen LogP contribution in [0.4, 0.5) is 0 Å². The second-order valence-corrected chi connectivity index (χ2v) is 5.05. The Morgan fingerprint density at radius 2 is 1.80 bits per heavy atom. The predicted octanol–water partition coefficient (Wildman–Crippen LogP) is 1.11. The Labute approximate surface area is 119 Å². The van der Waals surface area contributed by atoms with Crippen molar-refractivity contribution in [2.24, 2.45) is 5.73 Å². The van der Waals surface area contributed by atoms with Gasteiger partial charge in [-0.2, -0.15) is 0 Å². The van der Waals surface area contributed by atoms with E-state index in [1.165, 1.54) is 0 Å². The number of carbonyl (C=O) groups is 2. The van der Waals surface area contributed by atoms with E-state index in [-0.39, 0.29) is 30.4 Å². The van der Waals surface area contributed by atoms with Crippen molar-refractivity contribution in [1.29, 1.82) is 0 Å². The summed E-state index contributed by atoms with van der Waals surface area (Å²) in [7, 11) is 0. The van der Waals surface area contributed by atoms with E-state index in [4.69, 9.17) is 5.73 Å². The lowest BCUT2D eigenvalue weighted by Gasteiger charge is -2.12. The summed E-state index contributed by atoms with van der Waals surface area (Å²) >= 11 is 0. The molecular weight excluding hydrogens is 254 g/mol. The zero-order chi connectivity index (χ0) is 15.0. The minimum atomic E-state index is -0.180. The monoisotopic (exact) mass is 277 g/mol. The highest BCUT2D eigenvalue weighted by Crippen LogP contribution is 2.14. The van der Waals surface area contributed by atoms with Crippen molar-refractivity contribution in [1.82, 2.24) is 10.6 Å². The van der Waals surface area contributed by atoms with Crippen molar-refractivity contribution >= 4 is 11.8 Å². The molecule has 110 valence electrons. The molecule has 0 radical (unpaired) electrons. The number of hydrogen-bond donors (Lipinski definition) is 3. The standard InChI is InChI=1S/C15H23N3O2/c1-11(2)18-15(20)10-17-14(19)9-8-13(16)12-6-4-3-5-7-12/h3-7,11,13H,8-10,16H2,1-2H3,(H,17,19)(H,18,20). The van der Waals surface area contributed by atoms with Crippen molar-refractivity contribution in [3.8, 4) is 0 Å². The summed E-state index contributed by atoms with van der Waals surface area (Å²) in [5.74, 6) is -0.337. The molecule has 0 aliphatic heterocycles. The molecule has 1 atom stereocenters. The molecule has 0 saturated carbocycles. The highest BCUT2D eigenvalue weighted by molar-refractivity contribution is 5.84. The molecule has 0 spiro atoms. The minimum Gasteiger partial charge on any atom is -0.352 e. The molecule has 0 heterocycles. The van der Waals surface area contributed by atoms with Crippen molar-refractivity contribution in [2.45, 2.75) is 38.8 Å². The quantitative estimate of drug-likeness (QED) is 0.698. The van der Waals surface area contributed by atoms with Gasteiger partial charge in [0.05, 0.1) is 6.54 Å². The number of hydrogen-bond acceptors (Lipinski definition) is 3. The van der Waals surface area contributed by atoms with Gasteiger partial charge in [0.1, 0.15) is 0 Å². The summed E-state index contributed by atoms with van der Waals surface area (Å²) in [6.07, 6.45) is 0.868. The highest BCUT2D eigenvalue weighted by Gasteiger charge is 2.10. The summed E-state index contributed by atoms with van der Waals surface area (Å²) < 4.78 is 0. The Kier molecular flexibility index (Phi) is 6.73. The van der Waals surface area contributed by atoms with Crippen molar-refractivity contribution in [3.05, 3.63) is 35.9 Å². The predicted molar refractivity (Wildman–Crippen MR) is 78.9 cm³/mol. The lowest BCUT2D eigenvalue weighted by atomic mass is 10.0. The molecule has 0 fully saturated rings. The molecule has 0 aliphatic rings. The lowest BCUT2D eigenvalue weighted by molar-refractivity contribution is -0.126. The first-order valence-corrected chi connectivity index (χ1v) is 6.85. The van der Waals surface area contributed by atoms with Crippen molar-refractivity contribution in [3.63, 3.8) is 0 Å². The molecule has 0 bridgehead atoms. The van der Waals surface area contributed by atoms with E-state index < -0.39 is 0 Å². The molecule has 4 N–H and O–H groups in total. The topological polar surface area (TPSA) is 84.2 Å². The Bertz CT molecular complexity index is 432. The van der Waals surface area contributed by atoms with Gasteiger partial charge in [-0.15, -0.1) is 0 Å². The van der Waals surface area contributed by atoms with Gasteiger partial charge in [0.15, 0.2) is 0 Å². The van der Waals surface area contributed by atoms with Crippen LogP contribution in [0.2, 0.25) is 0 Å². The van der Waals surface area contributed by atoms with Gasteiger partial charge in [-0.05, 0) is 25.8 Å². The van der Waals surface area contributed by atoms with Crippen LogP contribution in [0.1, 0.15) is 38.3 Å². The van der Waals surface area contributed by atoms with E-state index in [9.17, 15) is 9.59 Å². The van der Waals surface area contributed by atoms with E-state index in [0.717, 1.165) is 5.56 Å². The number of nitrogens with one attached hydrogen (secondary N) is 2. The van der Waals surface area contributed by atoms with Crippen LogP contribution < -0.4 is 16.4 Å². The fourth-order valence-electron chi connectivity index (χ4n) is 1.79. The van der Waals surface area contributed by atoms with Crippen molar-refractivity contribution in [2.75, 3.05) is 6.54 Å². The van der Waals surface area contributed by atoms with Crippen LogP contribution in [-0.2, 0) is 9.59 Å². The number of rotatable bonds is 7. The highest BCUT2D eigenvalue weighted by atomic mass is 16.2. The van der Waals surface area contributed by atoms with Crippen LogP contribution in [0.5, 0.6) is 0 Å². The maximum absolute atomic E-state index is 11.6. The summed E-state index contributed by atoms with van der Waals surface area (Å²) in [5.41, 5.74) is 7.02. The molecule has 0 aliphatic carbocycles. The molecule has 5 nitrogen and oxygen atoms in total. The number of benzene rings is 1. The first-order chi connectivity index (χ1) is 9.49. The molecule has 1 aromatic rings. The van der Waals surface area contributed by atoms with E-state index in [1.54, 1.807) is 0 Å². The average Bonchev–Trinajstić information content (AvgIpc) is 2.42. The van der Waals surface area contributed by atoms with E-state index in [1.807, 2.05) is 44.2 Å². The van der Waals surface area contributed by atoms with Gasteiger partial charge >= 0.3 is 0 Å². The second kappa shape index (κ2) is 8.32. The normalized spacial score (nSPS) is 12.0. The number of amides is 2. The van der Waals surface area contributed by atoms with Gasteiger partial charge < -0.3 is 16.4 Å². The Hall–Kier alpha value is -1.88. The fourth-order valence-corrected chi connectivity index (χ4v) is 1.79. The molecule has 5 heteroatoms. The third-order valence-corrected chi connectivity index (χ3v) is 2.81. The molecule has 2 amide bonds. The Morgan fingerprint density at radius 1 is 1.15 bits per heavy atom. The second-order valence-electron chi connectivity index (χ2n) is 5.05. The van der Waals surface area contributed by atoms with Gasteiger partial charge in [0, 0.05) is 18.5 Å². The van der Waals surface area contributed by atoms with Crippen molar-refractivity contribution < 1.29 is 9.59 Å². The molecule has 20 heavy (non-hydrogen) atoms. The summed E-state index contributed by atoms with van der Waals surface area (Å²) in [6.45, 7) is 3.76. The summed E-state index contributed by atoms with van der Waals surface area (Å²) in [5, 5.41) is 5.30. The third kappa shape index (κ3) is 6.33. The number of carbonyl (C=O) groups excluding carboxylic acids is 2. The van der Waals surface area contributed by atoms with E-state index in [2.05, 4.69) is 10.6 Å². The molecule has 1 rings (SSSR count). The zero-order valence-corrected chi connectivity index (χ0v) is 12.1.